The molecule has 14 heavy (non-hydrogen) atoms. The predicted octanol–water partition coefficient (Wildman–Crippen LogP) is 0.883. The van der Waals surface area contributed by atoms with E-state index < -0.39 is 6.10 Å². The van der Waals surface area contributed by atoms with Crippen LogP contribution in [0, 0.1) is 5.92 Å². The van der Waals surface area contributed by atoms with E-state index in [1.807, 2.05) is 0 Å². The number of nitrogens with zero attached hydrogens (tertiary/aromatic N) is 2. The first-order valence-electron chi connectivity index (χ1n) is 4.80. The molecule has 0 aliphatic rings. The molecule has 0 aliphatic heterocycles. The molecule has 4 nitrogen and oxygen atoms in total. The molecule has 1 aromatic rings. The van der Waals surface area contributed by atoms with E-state index in [1.165, 1.54) is 6.33 Å². The van der Waals surface area contributed by atoms with E-state index in [1.54, 1.807) is 12.3 Å². The zero-order chi connectivity index (χ0) is 10.6. The standard InChI is InChI=1S/C10H17N3O/c1-7(2)5-8(11)10(14)9-3-4-12-6-13-9/h3-4,6-8,10,14H,5,11H2,1-2H3. The fourth-order valence-electron chi connectivity index (χ4n) is 1.37. The minimum absolute atomic E-state index is 0.259. The zero-order valence-electron chi connectivity index (χ0n) is 8.59. The van der Waals surface area contributed by atoms with Crippen LogP contribution in [0.4, 0.5) is 0 Å². The molecule has 0 saturated carbocycles. The number of aliphatic hydroxyl groups is 1. The van der Waals surface area contributed by atoms with Crippen LogP contribution in [0.2, 0.25) is 0 Å². The summed E-state index contributed by atoms with van der Waals surface area (Å²) in [4.78, 5) is 7.75. The molecule has 2 unspecified atom stereocenters. The minimum Gasteiger partial charge on any atom is -0.385 e. The van der Waals surface area contributed by atoms with Gasteiger partial charge in [0.25, 0.3) is 0 Å². The lowest BCUT2D eigenvalue weighted by Gasteiger charge is -2.19. The van der Waals surface area contributed by atoms with Crippen molar-refractivity contribution in [2.45, 2.75) is 32.4 Å². The molecular weight excluding hydrogens is 178 g/mol. The van der Waals surface area contributed by atoms with Crippen LogP contribution in [-0.4, -0.2) is 21.1 Å². The van der Waals surface area contributed by atoms with Crippen molar-refractivity contribution < 1.29 is 5.11 Å². The van der Waals surface area contributed by atoms with Crippen LogP contribution in [0.5, 0.6) is 0 Å². The van der Waals surface area contributed by atoms with Gasteiger partial charge in [-0.1, -0.05) is 13.8 Å². The van der Waals surface area contributed by atoms with Gasteiger partial charge in [0.05, 0.1) is 5.69 Å². The first-order valence-corrected chi connectivity index (χ1v) is 4.80. The van der Waals surface area contributed by atoms with Gasteiger partial charge in [0.1, 0.15) is 12.4 Å². The lowest BCUT2D eigenvalue weighted by molar-refractivity contribution is 0.131. The third kappa shape index (κ3) is 3.05. The van der Waals surface area contributed by atoms with Gasteiger partial charge >= 0.3 is 0 Å². The zero-order valence-corrected chi connectivity index (χ0v) is 8.59. The Morgan fingerprint density at radius 1 is 1.50 bits per heavy atom. The van der Waals surface area contributed by atoms with Crippen molar-refractivity contribution in [3.05, 3.63) is 24.3 Å². The summed E-state index contributed by atoms with van der Waals surface area (Å²) in [5.74, 6) is 0.474. The van der Waals surface area contributed by atoms with Crippen LogP contribution in [-0.2, 0) is 0 Å². The Hall–Kier alpha value is -1.00. The maximum Gasteiger partial charge on any atom is 0.115 e. The van der Waals surface area contributed by atoms with E-state index in [2.05, 4.69) is 23.8 Å². The first kappa shape index (κ1) is 11.1. The molecule has 0 fully saturated rings. The fourth-order valence-corrected chi connectivity index (χ4v) is 1.37. The monoisotopic (exact) mass is 195 g/mol. The van der Waals surface area contributed by atoms with Crippen molar-refractivity contribution in [3.8, 4) is 0 Å². The fraction of sp³-hybridized carbons (Fsp3) is 0.600. The molecule has 0 spiro atoms. The topological polar surface area (TPSA) is 72.0 Å². The maximum atomic E-state index is 9.82. The highest BCUT2D eigenvalue weighted by Crippen LogP contribution is 2.17. The second kappa shape index (κ2) is 5.02. The van der Waals surface area contributed by atoms with E-state index in [0.29, 0.717) is 11.6 Å². The number of aliphatic hydroxyl groups excluding tert-OH is 1. The maximum absolute atomic E-state index is 9.82. The highest BCUT2D eigenvalue weighted by atomic mass is 16.3. The molecule has 1 heterocycles. The lowest BCUT2D eigenvalue weighted by atomic mass is 9.98. The van der Waals surface area contributed by atoms with Gasteiger partial charge in [0.15, 0.2) is 0 Å². The van der Waals surface area contributed by atoms with Gasteiger partial charge in [-0.2, -0.15) is 0 Å². The van der Waals surface area contributed by atoms with Crippen LogP contribution in [0.3, 0.4) is 0 Å². The van der Waals surface area contributed by atoms with Crippen molar-refractivity contribution in [3.63, 3.8) is 0 Å². The third-order valence-corrected chi connectivity index (χ3v) is 2.06. The number of nitrogens with two attached hydrogens (primary N) is 1. The average molecular weight is 195 g/mol. The van der Waals surface area contributed by atoms with Crippen LogP contribution in [0.25, 0.3) is 0 Å². The number of hydrogen-bond acceptors (Lipinski definition) is 4. The number of aromatic nitrogens is 2. The smallest absolute Gasteiger partial charge is 0.115 e. The molecule has 3 N–H and O–H groups in total. The minimum atomic E-state index is -0.694. The van der Waals surface area contributed by atoms with Crippen molar-refractivity contribution in [1.29, 1.82) is 0 Å². The molecule has 0 aromatic carbocycles. The van der Waals surface area contributed by atoms with Gasteiger partial charge < -0.3 is 10.8 Å². The van der Waals surface area contributed by atoms with Crippen LogP contribution >= 0.6 is 0 Å². The van der Waals surface area contributed by atoms with Gasteiger partial charge in [-0.05, 0) is 18.4 Å². The van der Waals surface area contributed by atoms with Gasteiger partial charge in [-0.25, -0.2) is 9.97 Å². The van der Waals surface area contributed by atoms with E-state index in [-0.39, 0.29) is 6.04 Å². The molecule has 0 aliphatic carbocycles. The molecule has 78 valence electrons. The Morgan fingerprint density at radius 2 is 2.21 bits per heavy atom. The Kier molecular flexibility index (Phi) is 3.98. The number of rotatable bonds is 4. The normalized spacial score (nSPS) is 15.5. The Morgan fingerprint density at radius 3 is 2.71 bits per heavy atom. The van der Waals surface area contributed by atoms with Gasteiger partial charge in [0, 0.05) is 12.2 Å². The van der Waals surface area contributed by atoms with E-state index >= 15 is 0 Å². The first-order chi connectivity index (χ1) is 6.61. The molecule has 0 radical (unpaired) electrons. The Bertz CT molecular complexity index is 263. The van der Waals surface area contributed by atoms with Gasteiger partial charge in [-0.15, -0.1) is 0 Å². The van der Waals surface area contributed by atoms with Crippen molar-refractivity contribution >= 4 is 0 Å². The van der Waals surface area contributed by atoms with Crippen LogP contribution in [0.15, 0.2) is 18.6 Å². The Balaban J connectivity index is 2.61. The van der Waals surface area contributed by atoms with E-state index in [0.717, 1.165) is 6.42 Å². The molecule has 0 amide bonds. The molecule has 0 bridgehead atoms. The summed E-state index contributed by atoms with van der Waals surface area (Å²) in [6, 6.07) is 1.43. The van der Waals surface area contributed by atoms with Crippen molar-refractivity contribution in [1.82, 2.24) is 9.97 Å². The summed E-state index contributed by atoms with van der Waals surface area (Å²) in [5.41, 5.74) is 6.43. The summed E-state index contributed by atoms with van der Waals surface area (Å²) in [7, 11) is 0. The van der Waals surface area contributed by atoms with Crippen molar-refractivity contribution in [2.75, 3.05) is 0 Å². The van der Waals surface area contributed by atoms with E-state index in [4.69, 9.17) is 5.73 Å². The number of hydrogen-bond donors (Lipinski definition) is 2. The second-order valence-electron chi connectivity index (χ2n) is 3.87. The van der Waals surface area contributed by atoms with Crippen LogP contribution in [0.1, 0.15) is 32.1 Å². The third-order valence-electron chi connectivity index (χ3n) is 2.06. The lowest BCUT2D eigenvalue weighted by Crippen LogP contribution is -2.30. The second-order valence-corrected chi connectivity index (χ2v) is 3.87. The molecular formula is C10H17N3O. The van der Waals surface area contributed by atoms with Gasteiger partial charge in [0.2, 0.25) is 0 Å². The highest BCUT2D eigenvalue weighted by molar-refractivity contribution is 5.04. The summed E-state index contributed by atoms with van der Waals surface area (Å²) >= 11 is 0. The summed E-state index contributed by atoms with van der Waals surface area (Å²) in [6.07, 6.45) is 3.11. The molecule has 1 aromatic heterocycles. The quantitative estimate of drug-likeness (QED) is 0.748. The molecule has 0 saturated heterocycles. The average Bonchev–Trinajstić information content (AvgIpc) is 2.17. The molecule has 4 heteroatoms. The largest absolute Gasteiger partial charge is 0.385 e. The predicted molar refractivity (Wildman–Crippen MR) is 54.4 cm³/mol. The SMILES string of the molecule is CC(C)CC(N)C(O)c1ccncn1. The Labute approximate surface area is 84.2 Å². The van der Waals surface area contributed by atoms with Crippen LogP contribution < -0.4 is 5.73 Å². The highest BCUT2D eigenvalue weighted by Gasteiger charge is 2.18. The molecule has 1 rings (SSSR count). The summed E-state index contributed by atoms with van der Waals surface area (Å²) < 4.78 is 0. The summed E-state index contributed by atoms with van der Waals surface area (Å²) in [5, 5.41) is 9.82. The van der Waals surface area contributed by atoms with Crippen molar-refractivity contribution in [2.24, 2.45) is 11.7 Å². The van der Waals surface area contributed by atoms with Gasteiger partial charge in [-0.3, -0.25) is 0 Å². The van der Waals surface area contributed by atoms with E-state index in [9.17, 15) is 5.11 Å². The summed E-state index contributed by atoms with van der Waals surface area (Å²) in [6.45, 7) is 4.15. The molecule has 2 atom stereocenters.